The first-order valence-corrected chi connectivity index (χ1v) is 20.9. The van der Waals surface area contributed by atoms with Gasteiger partial charge in [0.15, 0.2) is 6.54 Å². The van der Waals surface area contributed by atoms with E-state index in [4.69, 9.17) is 0 Å². The van der Waals surface area contributed by atoms with Gasteiger partial charge < -0.3 is 4.90 Å². The average Bonchev–Trinajstić information content (AvgIpc) is 3.73. The minimum absolute atomic E-state index is 0.227. The number of anilines is 1. The largest absolute Gasteiger partial charge is 0.335 e. The maximum atomic E-state index is 11.6. The number of fused-ring (bicyclic) bond motifs is 3. The molecule has 0 saturated carbocycles. The van der Waals surface area contributed by atoms with Gasteiger partial charge in [-0.2, -0.15) is 21.4 Å². The van der Waals surface area contributed by atoms with Crippen LogP contribution in [0.3, 0.4) is 0 Å². The molecule has 7 rings (SSSR count). The van der Waals surface area contributed by atoms with Gasteiger partial charge in [0.1, 0.15) is 4.70 Å². The molecule has 6 aromatic rings. The molecular weight excluding hydrogens is 705 g/mol. The maximum absolute atomic E-state index is 11.6. The minimum atomic E-state index is -4.13. The predicted molar refractivity (Wildman–Crippen MR) is 198 cm³/mol. The molecule has 0 atom stereocenters. The molecule has 13 heteroatoms. The maximum Gasteiger partial charge on any atom is 0.265 e. The summed E-state index contributed by atoms with van der Waals surface area (Å²) in [6, 6.07) is 33.1. The molecule has 8 nitrogen and oxygen atoms in total. The molecule has 1 aliphatic heterocycles. The Morgan fingerprint density at radius 2 is 1.44 bits per heavy atom. The molecule has 1 aliphatic rings. The number of thiazole rings is 1. The van der Waals surface area contributed by atoms with E-state index in [1.54, 1.807) is 34.4 Å². The van der Waals surface area contributed by atoms with E-state index in [-0.39, 0.29) is 24.3 Å². The third-order valence-corrected chi connectivity index (χ3v) is 13.1. The van der Waals surface area contributed by atoms with Crippen molar-refractivity contribution < 1.29 is 30.5 Å². The first kappa shape index (κ1) is 33.0. The van der Waals surface area contributed by atoms with Crippen LogP contribution in [-0.2, 0) is 26.8 Å². The van der Waals surface area contributed by atoms with Crippen molar-refractivity contribution >= 4 is 86.7 Å². The topological polar surface area (TPSA) is 116 Å². The molecule has 0 bridgehead atoms. The first-order valence-electron chi connectivity index (χ1n) is 15.2. The van der Waals surface area contributed by atoms with Crippen LogP contribution in [0.1, 0.15) is 17.8 Å². The average molecular weight is 736 g/mol. The Kier molecular flexibility index (Phi) is 9.20. The van der Waals surface area contributed by atoms with Crippen molar-refractivity contribution in [1.29, 1.82) is 0 Å². The molecule has 3 heterocycles. The standard InChI is InChI=1S/C35H30N2O6S5/c38-47(39,40)18-6-16-36-28-20-25(24-8-2-1-3-9-24)12-14-31(28)45-34(36)23-35-37(17-7-19-48(41,42)43)29-21-27(13-15-32(29)46-35)33-22-26-10-4-5-11-30(26)44-33/h1-5,8-15,20-23H,6-7,16-19H2,(H-,38,39,40,41,42,43)/p+1. The molecule has 0 spiro atoms. The molecule has 0 amide bonds. The summed E-state index contributed by atoms with van der Waals surface area (Å²) in [5.74, 6) is -0.707. The summed E-state index contributed by atoms with van der Waals surface area (Å²) in [4.78, 5) is 4.27. The van der Waals surface area contributed by atoms with Gasteiger partial charge in [-0.15, -0.1) is 11.3 Å². The van der Waals surface area contributed by atoms with E-state index in [9.17, 15) is 25.9 Å². The zero-order chi connectivity index (χ0) is 33.5. The second-order valence-electron chi connectivity index (χ2n) is 11.5. The summed E-state index contributed by atoms with van der Waals surface area (Å²) in [5.41, 5.74) is 5.08. The normalized spacial score (nSPS) is 14.4. The van der Waals surface area contributed by atoms with Gasteiger partial charge in [-0.25, -0.2) is 0 Å². The summed E-state index contributed by atoms with van der Waals surface area (Å²) in [7, 11) is -8.26. The molecule has 0 saturated heterocycles. The SMILES string of the molecule is O=S(=O)(O)CCCN1C(=Cc2sc3ccc(-c4ccccc4)cc3[n+]2CCCS(=O)(=O)O)Sc2ccc(-c3cc4ccccc4s3)cc21. The molecule has 0 aliphatic carbocycles. The van der Waals surface area contributed by atoms with Crippen LogP contribution < -0.4 is 9.47 Å². The summed E-state index contributed by atoms with van der Waals surface area (Å²) in [6.07, 6.45) is 2.52. The van der Waals surface area contributed by atoms with E-state index in [1.165, 1.54) is 10.1 Å². The number of hydrogen-bond acceptors (Lipinski definition) is 8. The fraction of sp³-hybridized carbons (Fsp3) is 0.171. The zero-order valence-corrected chi connectivity index (χ0v) is 29.6. The van der Waals surface area contributed by atoms with Crippen LogP contribution in [-0.4, -0.2) is 44.0 Å². The third kappa shape index (κ3) is 7.37. The van der Waals surface area contributed by atoms with Gasteiger partial charge in [0.25, 0.3) is 25.2 Å². The van der Waals surface area contributed by atoms with Crippen LogP contribution in [0.5, 0.6) is 0 Å². The highest BCUT2D eigenvalue weighted by atomic mass is 32.2. The zero-order valence-electron chi connectivity index (χ0n) is 25.5. The van der Waals surface area contributed by atoms with E-state index >= 15 is 0 Å². The van der Waals surface area contributed by atoms with Crippen molar-refractivity contribution in [1.82, 2.24) is 0 Å². The number of hydrogen-bond donors (Lipinski definition) is 2. The Hall–Kier alpha value is -3.56. The molecule has 2 N–H and O–H groups in total. The van der Waals surface area contributed by atoms with Gasteiger partial charge in [-0.05, 0) is 58.8 Å². The van der Waals surface area contributed by atoms with Crippen molar-refractivity contribution in [3.63, 3.8) is 0 Å². The summed E-state index contributed by atoms with van der Waals surface area (Å²) < 4.78 is 69.8. The van der Waals surface area contributed by atoms with E-state index in [0.717, 1.165) is 52.4 Å². The summed E-state index contributed by atoms with van der Waals surface area (Å²) >= 11 is 4.89. The highest BCUT2D eigenvalue weighted by Gasteiger charge is 2.29. The van der Waals surface area contributed by atoms with Crippen molar-refractivity contribution in [2.24, 2.45) is 0 Å². The Bertz CT molecular complexity index is 2370. The third-order valence-electron chi connectivity index (χ3n) is 8.09. The van der Waals surface area contributed by atoms with Crippen molar-refractivity contribution in [3.05, 3.63) is 107 Å². The van der Waals surface area contributed by atoms with Crippen LogP contribution in [0.4, 0.5) is 5.69 Å². The van der Waals surface area contributed by atoms with Crippen molar-refractivity contribution in [3.8, 4) is 21.6 Å². The van der Waals surface area contributed by atoms with Gasteiger partial charge in [-0.1, -0.05) is 83.8 Å². The van der Waals surface area contributed by atoms with E-state index in [1.807, 2.05) is 42.5 Å². The van der Waals surface area contributed by atoms with Gasteiger partial charge >= 0.3 is 0 Å². The van der Waals surface area contributed by atoms with Crippen LogP contribution in [0.2, 0.25) is 0 Å². The molecule has 4 aromatic carbocycles. The molecule has 246 valence electrons. The molecule has 0 fully saturated rings. The number of thioether (sulfide) groups is 1. The monoisotopic (exact) mass is 735 g/mol. The lowest BCUT2D eigenvalue weighted by atomic mass is 10.1. The minimum Gasteiger partial charge on any atom is -0.335 e. The van der Waals surface area contributed by atoms with Crippen LogP contribution in [0.15, 0.2) is 107 Å². The first-order chi connectivity index (χ1) is 23.0. The molecule has 48 heavy (non-hydrogen) atoms. The highest BCUT2D eigenvalue weighted by Crippen LogP contribution is 2.49. The second-order valence-corrected chi connectivity index (χ2v) is 17.8. The van der Waals surface area contributed by atoms with Gasteiger partial charge in [-0.3, -0.25) is 9.11 Å². The second kappa shape index (κ2) is 13.4. The van der Waals surface area contributed by atoms with E-state index in [2.05, 4.69) is 70.1 Å². The Morgan fingerprint density at radius 1 is 0.708 bits per heavy atom. The number of thiophene rings is 1. The number of rotatable bonds is 11. The highest BCUT2D eigenvalue weighted by molar-refractivity contribution is 8.04. The Labute approximate surface area is 291 Å². The Balaban J connectivity index is 1.30. The van der Waals surface area contributed by atoms with Crippen molar-refractivity contribution in [2.75, 3.05) is 23.0 Å². The smallest absolute Gasteiger partial charge is 0.265 e. The van der Waals surface area contributed by atoms with E-state index in [0.29, 0.717) is 13.1 Å². The Morgan fingerprint density at radius 3 is 2.21 bits per heavy atom. The van der Waals surface area contributed by atoms with Crippen LogP contribution in [0.25, 0.3) is 47.9 Å². The lowest BCUT2D eigenvalue weighted by Gasteiger charge is -2.20. The molecule has 0 unspecified atom stereocenters. The fourth-order valence-corrected chi connectivity index (χ4v) is 10.2. The number of benzene rings is 4. The van der Waals surface area contributed by atoms with Crippen LogP contribution in [0, 0.1) is 0 Å². The van der Waals surface area contributed by atoms with Gasteiger partial charge in [0.05, 0.1) is 28.3 Å². The molecular formula is C35H31N2O6S5+. The fourth-order valence-electron chi connectivity index (χ4n) is 5.88. The molecule has 2 aromatic heterocycles. The summed E-state index contributed by atoms with van der Waals surface area (Å²) in [5, 5.41) is 2.97. The van der Waals surface area contributed by atoms with Crippen LogP contribution >= 0.6 is 34.4 Å². The quantitative estimate of drug-likeness (QED) is 0.101. The number of aromatic nitrogens is 1. The van der Waals surface area contributed by atoms with E-state index < -0.39 is 20.2 Å². The number of aryl methyl sites for hydroxylation is 1. The van der Waals surface area contributed by atoms with Gasteiger partial charge in [0.2, 0.25) is 5.52 Å². The number of nitrogens with zero attached hydrogens (tertiary/aromatic N) is 2. The predicted octanol–water partition coefficient (Wildman–Crippen LogP) is 8.20. The summed E-state index contributed by atoms with van der Waals surface area (Å²) in [6.45, 7) is 0.737. The lowest BCUT2D eigenvalue weighted by molar-refractivity contribution is -0.668. The van der Waals surface area contributed by atoms with Crippen molar-refractivity contribution in [2.45, 2.75) is 24.3 Å². The lowest BCUT2D eigenvalue weighted by Crippen LogP contribution is -2.36. The molecule has 0 radical (unpaired) electrons. The van der Waals surface area contributed by atoms with Gasteiger partial charge in [0, 0.05) is 33.5 Å².